The van der Waals surface area contributed by atoms with Crippen molar-refractivity contribution in [2.75, 3.05) is 6.54 Å². The van der Waals surface area contributed by atoms with Gasteiger partial charge in [0, 0.05) is 18.7 Å². The molecule has 6 heteroatoms. The van der Waals surface area contributed by atoms with Crippen molar-refractivity contribution in [1.29, 1.82) is 0 Å². The Balaban J connectivity index is 1.74. The average Bonchev–Trinajstić information content (AvgIpc) is 3.17. The first-order valence-electron chi connectivity index (χ1n) is 9.82. The molecule has 29 heavy (non-hydrogen) atoms. The number of carbonyl (C=O) groups is 2. The van der Waals surface area contributed by atoms with Crippen LogP contribution in [0.5, 0.6) is 0 Å². The summed E-state index contributed by atoms with van der Waals surface area (Å²) in [5.41, 5.74) is 4.98. The van der Waals surface area contributed by atoms with E-state index in [0.29, 0.717) is 30.6 Å². The van der Waals surface area contributed by atoms with Crippen molar-refractivity contribution in [3.63, 3.8) is 0 Å². The van der Waals surface area contributed by atoms with Crippen molar-refractivity contribution in [1.82, 2.24) is 20.4 Å². The standard InChI is InChI=1S/C23H26N4O2/c1-4-21-20(15-26-27(21)19-11-9-16(3)10-12-19)23(29)25-14-17-7-6-8-18(13-17)22(28)24-5-2/h6-13,15H,4-5,14H2,1-3H3,(H,24,28)(H,25,29). The zero-order valence-corrected chi connectivity index (χ0v) is 17.0. The van der Waals surface area contributed by atoms with Crippen LogP contribution in [0.1, 0.15) is 51.4 Å². The number of hydrogen-bond acceptors (Lipinski definition) is 3. The number of rotatable bonds is 7. The Bertz CT molecular complexity index is 1010. The quantitative estimate of drug-likeness (QED) is 0.649. The number of carbonyl (C=O) groups excluding carboxylic acids is 2. The molecule has 0 aliphatic rings. The second-order valence-corrected chi connectivity index (χ2v) is 6.85. The van der Waals surface area contributed by atoms with E-state index in [1.165, 1.54) is 5.56 Å². The number of nitrogens with one attached hydrogen (secondary N) is 2. The van der Waals surface area contributed by atoms with Gasteiger partial charge in [-0.25, -0.2) is 4.68 Å². The average molecular weight is 390 g/mol. The number of nitrogens with zero attached hydrogens (tertiary/aromatic N) is 2. The molecule has 2 aromatic carbocycles. The van der Waals surface area contributed by atoms with Gasteiger partial charge in [-0.3, -0.25) is 9.59 Å². The summed E-state index contributed by atoms with van der Waals surface area (Å²) >= 11 is 0. The lowest BCUT2D eigenvalue weighted by atomic mass is 10.1. The molecule has 3 aromatic rings. The van der Waals surface area contributed by atoms with E-state index in [2.05, 4.69) is 15.7 Å². The minimum atomic E-state index is -0.177. The van der Waals surface area contributed by atoms with E-state index in [-0.39, 0.29) is 11.8 Å². The fourth-order valence-electron chi connectivity index (χ4n) is 3.17. The Morgan fingerprint density at radius 1 is 1.00 bits per heavy atom. The normalized spacial score (nSPS) is 10.6. The first kappa shape index (κ1) is 20.3. The molecule has 0 aliphatic carbocycles. The van der Waals surface area contributed by atoms with Gasteiger partial charge in [0.1, 0.15) is 0 Å². The molecule has 2 N–H and O–H groups in total. The Labute approximate surface area is 170 Å². The maximum Gasteiger partial charge on any atom is 0.255 e. The lowest BCUT2D eigenvalue weighted by molar-refractivity contribution is 0.0946. The summed E-state index contributed by atoms with van der Waals surface area (Å²) in [6.07, 6.45) is 2.29. The Morgan fingerprint density at radius 3 is 2.45 bits per heavy atom. The summed E-state index contributed by atoms with van der Waals surface area (Å²) in [6, 6.07) is 15.3. The minimum Gasteiger partial charge on any atom is -0.352 e. The summed E-state index contributed by atoms with van der Waals surface area (Å²) in [5, 5.41) is 10.1. The molecular weight excluding hydrogens is 364 g/mol. The number of aryl methyl sites for hydroxylation is 1. The molecule has 0 saturated carbocycles. The molecule has 0 unspecified atom stereocenters. The maximum absolute atomic E-state index is 12.8. The van der Waals surface area contributed by atoms with Gasteiger partial charge in [-0.05, 0) is 50.1 Å². The zero-order valence-electron chi connectivity index (χ0n) is 17.0. The predicted octanol–water partition coefficient (Wildman–Crippen LogP) is 3.42. The van der Waals surface area contributed by atoms with Gasteiger partial charge in [0.25, 0.3) is 11.8 Å². The maximum atomic E-state index is 12.8. The van der Waals surface area contributed by atoms with Gasteiger partial charge in [0.15, 0.2) is 0 Å². The van der Waals surface area contributed by atoms with Crippen molar-refractivity contribution in [2.24, 2.45) is 0 Å². The molecule has 6 nitrogen and oxygen atoms in total. The van der Waals surface area contributed by atoms with Crippen molar-refractivity contribution in [3.05, 3.63) is 82.7 Å². The van der Waals surface area contributed by atoms with E-state index < -0.39 is 0 Å². The van der Waals surface area contributed by atoms with Crippen LogP contribution in [0.4, 0.5) is 0 Å². The first-order chi connectivity index (χ1) is 14.0. The van der Waals surface area contributed by atoms with Crippen LogP contribution in [-0.4, -0.2) is 28.1 Å². The predicted molar refractivity (Wildman–Crippen MR) is 113 cm³/mol. The third-order valence-electron chi connectivity index (χ3n) is 4.71. The molecule has 0 radical (unpaired) electrons. The molecule has 0 fully saturated rings. The van der Waals surface area contributed by atoms with Gasteiger partial charge < -0.3 is 10.6 Å². The fourth-order valence-corrected chi connectivity index (χ4v) is 3.17. The second kappa shape index (κ2) is 9.19. The number of hydrogen-bond donors (Lipinski definition) is 2. The van der Waals surface area contributed by atoms with Gasteiger partial charge in [-0.15, -0.1) is 0 Å². The van der Waals surface area contributed by atoms with Crippen molar-refractivity contribution in [3.8, 4) is 5.69 Å². The van der Waals surface area contributed by atoms with Crippen LogP contribution in [0.15, 0.2) is 54.7 Å². The number of benzene rings is 2. The molecule has 0 saturated heterocycles. The van der Waals surface area contributed by atoms with E-state index >= 15 is 0 Å². The topological polar surface area (TPSA) is 76.0 Å². The molecule has 2 amide bonds. The summed E-state index contributed by atoms with van der Waals surface area (Å²) in [5.74, 6) is -0.294. The first-order valence-corrected chi connectivity index (χ1v) is 9.82. The van der Waals surface area contributed by atoms with Crippen molar-refractivity contribution < 1.29 is 9.59 Å². The monoisotopic (exact) mass is 390 g/mol. The highest BCUT2D eigenvalue weighted by Crippen LogP contribution is 2.17. The fraction of sp³-hybridized carbons (Fsp3) is 0.261. The van der Waals surface area contributed by atoms with Crippen LogP contribution >= 0.6 is 0 Å². The summed E-state index contributed by atoms with van der Waals surface area (Å²) in [6.45, 7) is 6.83. The molecule has 0 spiro atoms. The van der Waals surface area contributed by atoms with Crippen LogP contribution in [0, 0.1) is 6.92 Å². The molecule has 0 atom stereocenters. The Morgan fingerprint density at radius 2 is 1.76 bits per heavy atom. The van der Waals surface area contributed by atoms with Gasteiger partial charge in [-0.1, -0.05) is 36.8 Å². The minimum absolute atomic E-state index is 0.117. The van der Waals surface area contributed by atoms with E-state index in [0.717, 1.165) is 16.9 Å². The van der Waals surface area contributed by atoms with E-state index in [4.69, 9.17) is 0 Å². The highest BCUT2D eigenvalue weighted by molar-refractivity contribution is 5.95. The van der Waals surface area contributed by atoms with Crippen LogP contribution in [0.25, 0.3) is 5.69 Å². The third-order valence-corrected chi connectivity index (χ3v) is 4.71. The summed E-state index contributed by atoms with van der Waals surface area (Å²) < 4.78 is 1.81. The number of amides is 2. The summed E-state index contributed by atoms with van der Waals surface area (Å²) in [4.78, 5) is 24.8. The van der Waals surface area contributed by atoms with Crippen LogP contribution in [0.3, 0.4) is 0 Å². The molecule has 0 aliphatic heterocycles. The van der Waals surface area contributed by atoms with E-state index in [1.54, 1.807) is 18.3 Å². The lowest BCUT2D eigenvalue weighted by Crippen LogP contribution is -2.25. The van der Waals surface area contributed by atoms with Gasteiger partial charge in [0.05, 0.1) is 23.1 Å². The van der Waals surface area contributed by atoms with Gasteiger partial charge >= 0.3 is 0 Å². The lowest BCUT2D eigenvalue weighted by Gasteiger charge is -2.10. The van der Waals surface area contributed by atoms with E-state index in [1.807, 2.05) is 61.9 Å². The van der Waals surface area contributed by atoms with Crippen LogP contribution in [0.2, 0.25) is 0 Å². The van der Waals surface area contributed by atoms with Crippen LogP contribution in [-0.2, 0) is 13.0 Å². The van der Waals surface area contributed by atoms with E-state index in [9.17, 15) is 9.59 Å². The molecule has 1 heterocycles. The number of aromatic nitrogens is 2. The second-order valence-electron chi connectivity index (χ2n) is 6.85. The van der Waals surface area contributed by atoms with Crippen molar-refractivity contribution in [2.45, 2.75) is 33.7 Å². The zero-order chi connectivity index (χ0) is 20.8. The molecule has 1 aromatic heterocycles. The molecule has 150 valence electrons. The Kier molecular flexibility index (Phi) is 6.44. The highest BCUT2D eigenvalue weighted by atomic mass is 16.2. The highest BCUT2D eigenvalue weighted by Gasteiger charge is 2.17. The van der Waals surface area contributed by atoms with Gasteiger partial charge in [0.2, 0.25) is 0 Å². The Hall–Kier alpha value is -3.41. The SMILES string of the molecule is CCNC(=O)c1cccc(CNC(=O)c2cnn(-c3ccc(C)cc3)c2CC)c1. The molecule has 0 bridgehead atoms. The third kappa shape index (κ3) is 4.71. The van der Waals surface area contributed by atoms with Crippen molar-refractivity contribution >= 4 is 11.8 Å². The molecule has 3 rings (SSSR count). The smallest absolute Gasteiger partial charge is 0.255 e. The van der Waals surface area contributed by atoms with Crippen LogP contribution < -0.4 is 10.6 Å². The summed E-state index contributed by atoms with van der Waals surface area (Å²) in [7, 11) is 0. The van der Waals surface area contributed by atoms with Gasteiger partial charge in [-0.2, -0.15) is 5.10 Å². The largest absolute Gasteiger partial charge is 0.352 e. The molecular formula is C23H26N4O2.